The Morgan fingerprint density at radius 1 is 1.09 bits per heavy atom. The van der Waals surface area contributed by atoms with Gasteiger partial charge < -0.3 is 15.2 Å². The monoisotopic (exact) mass is 299 g/mol. The zero-order valence-electron chi connectivity index (χ0n) is 12.2. The molecule has 1 amide bonds. The standard InChI is InChI=1S/C17H17NO4/c1-12(13-5-3-2-4-6-13)18-16(20)11-22-17(21)14-7-9-15(19)10-8-14/h2-10,12,19H,11H2,1H3,(H,18,20)/t12-/m0/s1. The molecule has 5 nitrogen and oxygen atoms in total. The van der Waals surface area contributed by atoms with Crippen LogP contribution in [0.1, 0.15) is 28.9 Å². The molecule has 0 aromatic heterocycles. The molecule has 2 aromatic carbocycles. The normalized spacial score (nSPS) is 11.5. The maximum absolute atomic E-state index is 11.8. The van der Waals surface area contributed by atoms with Crippen molar-refractivity contribution < 1.29 is 19.4 Å². The third kappa shape index (κ3) is 4.34. The highest BCUT2D eigenvalue weighted by molar-refractivity contribution is 5.91. The summed E-state index contributed by atoms with van der Waals surface area (Å²) in [5, 5.41) is 11.9. The van der Waals surface area contributed by atoms with Crippen LogP contribution in [-0.4, -0.2) is 23.6 Å². The summed E-state index contributed by atoms with van der Waals surface area (Å²) >= 11 is 0. The Kier molecular flexibility index (Phi) is 5.14. The van der Waals surface area contributed by atoms with Gasteiger partial charge in [-0.2, -0.15) is 0 Å². The molecule has 0 unspecified atom stereocenters. The first-order chi connectivity index (χ1) is 10.6. The third-order valence-electron chi connectivity index (χ3n) is 3.11. The van der Waals surface area contributed by atoms with Crippen molar-refractivity contribution in [2.75, 3.05) is 6.61 Å². The van der Waals surface area contributed by atoms with Gasteiger partial charge in [-0.05, 0) is 36.8 Å². The minimum atomic E-state index is -0.609. The summed E-state index contributed by atoms with van der Waals surface area (Å²) in [7, 11) is 0. The molecule has 0 aliphatic rings. The van der Waals surface area contributed by atoms with Gasteiger partial charge in [-0.3, -0.25) is 4.79 Å². The molecule has 5 heteroatoms. The molecule has 0 aliphatic carbocycles. The van der Waals surface area contributed by atoms with Crippen molar-refractivity contribution in [2.24, 2.45) is 0 Å². The molecule has 0 saturated heterocycles. The average molecular weight is 299 g/mol. The van der Waals surface area contributed by atoms with Gasteiger partial charge in [0.2, 0.25) is 0 Å². The van der Waals surface area contributed by atoms with Crippen LogP contribution in [0.2, 0.25) is 0 Å². The number of ether oxygens (including phenoxy) is 1. The summed E-state index contributed by atoms with van der Waals surface area (Å²) in [6, 6.07) is 15.0. The van der Waals surface area contributed by atoms with E-state index in [4.69, 9.17) is 9.84 Å². The number of benzene rings is 2. The molecule has 0 radical (unpaired) electrons. The van der Waals surface area contributed by atoms with Crippen molar-refractivity contribution in [3.63, 3.8) is 0 Å². The van der Waals surface area contributed by atoms with Gasteiger partial charge in [0.25, 0.3) is 5.91 Å². The number of hydrogen-bond acceptors (Lipinski definition) is 4. The Balaban J connectivity index is 1.82. The number of phenolic OH excluding ortho intramolecular Hbond substituents is 1. The lowest BCUT2D eigenvalue weighted by atomic mass is 10.1. The fraction of sp³-hybridized carbons (Fsp3) is 0.176. The Morgan fingerprint density at radius 2 is 1.73 bits per heavy atom. The first kappa shape index (κ1) is 15.6. The van der Waals surface area contributed by atoms with Gasteiger partial charge in [-0.1, -0.05) is 30.3 Å². The summed E-state index contributed by atoms with van der Waals surface area (Å²) < 4.78 is 4.93. The summed E-state index contributed by atoms with van der Waals surface area (Å²) in [5.74, 6) is -0.919. The molecule has 2 aromatic rings. The van der Waals surface area contributed by atoms with E-state index in [0.29, 0.717) is 0 Å². The SMILES string of the molecule is C[C@H](NC(=O)COC(=O)c1ccc(O)cc1)c1ccccc1. The van der Waals surface area contributed by atoms with Crippen LogP contribution < -0.4 is 5.32 Å². The Bertz CT molecular complexity index is 637. The Morgan fingerprint density at radius 3 is 2.36 bits per heavy atom. The number of nitrogens with one attached hydrogen (secondary N) is 1. The van der Waals surface area contributed by atoms with Crippen LogP contribution in [0.3, 0.4) is 0 Å². The van der Waals surface area contributed by atoms with E-state index in [1.807, 2.05) is 37.3 Å². The average Bonchev–Trinajstić information content (AvgIpc) is 2.54. The predicted molar refractivity (Wildman–Crippen MR) is 81.4 cm³/mol. The van der Waals surface area contributed by atoms with Crippen molar-refractivity contribution in [2.45, 2.75) is 13.0 Å². The van der Waals surface area contributed by atoms with Gasteiger partial charge in [0.1, 0.15) is 5.75 Å². The van der Waals surface area contributed by atoms with E-state index in [1.54, 1.807) is 0 Å². The van der Waals surface area contributed by atoms with Crippen LogP contribution in [0.25, 0.3) is 0 Å². The fourth-order valence-electron chi connectivity index (χ4n) is 1.92. The lowest BCUT2D eigenvalue weighted by Gasteiger charge is -2.14. The number of carbonyl (C=O) groups excluding carboxylic acids is 2. The zero-order valence-corrected chi connectivity index (χ0v) is 12.2. The molecule has 114 valence electrons. The van der Waals surface area contributed by atoms with E-state index in [0.717, 1.165) is 5.56 Å². The first-order valence-electron chi connectivity index (χ1n) is 6.86. The molecule has 2 rings (SSSR count). The van der Waals surface area contributed by atoms with Crippen molar-refractivity contribution in [3.8, 4) is 5.75 Å². The van der Waals surface area contributed by atoms with Gasteiger partial charge in [-0.15, -0.1) is 0 Å². The van der Waals surface area contributed by atoms with E-state index in [-0.39, 0.29) is 29.9 Å². The largest absolute Gasteiger partial charge is 0.508 e. The number of rotatable bonds is 5. The molecular weight excluding hydrogens is 282 g/mol. The van der Waals surface area contributed by atoms with E-state index in [9.17, 15) is 9.59 Å². The molecule has 2 N–H and O–H groups in total. The van der Waals surface area contributed by atoms with Crippen LogP contribution in [0.4, 0.5) is 0 Å². The molecule has 22 heavy (non-hydrogen) atoms. The smallest absolute Gasteiger partial charge is 0.338 e. The maximum Gasteiger partial charge on any atom is 0.338 e. The molecule has 0 saturated carbocycles. The quantitative estimate of drug-likeness (QED) is 0.831. The molecule has 0 fully saturated rings. The van der Waals surface area contributed by atoms with Crippen molar-refractivity contribution in [1.82, 2.24) is 5.32 Å². The second-order valence-electron chi connectivity index (χ2n) is 4.82. The van der Waals surface area contributed by atoms with Gasteiger partial charge in [-0.25, -0.2) is 4.79 Å². The third-order valence-corrected chi connectivity index (χ3v) is 3.11. The van der Waals surface area contributed by atoms with Crippen LogP contribution >= 0.6 is 0 Å². The van der Waals surface area contributed by atoms with Crippen molar-refractivity contribution >= 4 is 11.9 Å². The summed E-state index contributed by atoms with van der Waals surface area (Å²) in [6.07, 6.45) is 0. The lowest BCUT2D eigenvalue weighted by molar-refractivity contribution is -0.124. The number of phenols is 1. The molecular formula is C17H17NO4. The molecule has 0 spiro atoms. The van der Waals surface area contributed by atoms with Crippen LogP contribution in [0.15, 0.2) is 54.6 Å². The second-order valence-corrected chi connectivity index (χ2v) is 4.82. The van der Waals surface area contributed by atoms with Crippen LogP contribution in [-0.2, 0) is 9.53 Å². The van der Waals surface area contributed by atoms with E-state index in [2.05, 4.69) is 5.32 Å². The predicted octanol–water partition coefficient (Wildman–Crippen LogP) is 2.43. The summed E-state index contributed by atoms with van der Waals surface area (Å²) in [5.41, 5.74) is 1.25. The zero-order chi connectivity index (χ0) is 15.9. The van der Waals surface area contributed by atoms with Crippen molar-refractivity contribution in [3.05, 3.63) is 65.7 Å². The lowest BCUT2D eigenvalue weighted by Crippen LogP contribution is -2.31. The van der Waals surface area contributed by atoms with Crippen LogP contribution in [0.5, 0.6) is 5.75 Å². The summed E-state index contributed by atoms with van der Waals surface area (Å²) in [6.45, 7) is 1.51. The number of esters is 1. The fourth-order valence-corrected chi connectivity index (χ4v) is 1.92. The Labute approximate surface area is 128 Å². The highest BCUT2D eigenvalue weighted by Crippen LogP contribution is 2.12. The minimum Gasteiger partial charge on any atom is -0.508 e. The van der Waals surface area contributed by atoms with E-state index < -0.39 is 5.97 Å². The minimum absolute atomic E-state index is 0.0611. The van der Waals surface area contributed by atoms with Gasteiger partial charge in [0.05, 0.1) is 11.6 Å². The molecule has 1 atom stereocenters. The van der Waals surface area contributed by atoms with Gasteiger partial charge in [0, 0.05) is 0 Å². The highest BCUT2D eigenvalue weighted by Gasteiger charge is 2.12. The first-order valence-corrected chi connectivity index (χ1v) is 6.86. The number of amides is 1. The van der Waals surface area contributed by atoms with E-state index >= 15 is 0 Å². The molecule has 0 aliphatic heterocycles. The van der Waals surface area contributed by atoms with Gasteiger partial charge >= 0.3 is 5.97 Å². The van der Waals surface area contributed by atoms with E-state index in [1.165, 1.54) is 24.3 Å². The number of carbonyl (C=O) groups is 2. The van der Waals surface area contributed by atoms with Crippen LogP contribution in [0, 0.1) is 0 Å². The van der Waals surface area contributed by atoms with Crippen molar-refractivity contribution in [1.29, 1.82) is 0 Å². The highest BCUT2D eigenvalue weighted by atomic mass is 16.5. The van der Waals surface area contributed by atoms with Gasteiger partial charge in [0.15, 0.2) is 6.61 Å². The molecule has 0 bridgehead atoms. The second kappa shape index (κ2) is 7.26. The Hall–Kier alpha value is -2.82. The number of aromatic hydroxyl groups is 1. The number of hydrogen-bond donors (Lipinski definition) is 2. The summed E-state index contributed by atoms with van der Waals surface area (Å²) in [4.78, 5) is 23.5. The maximum atomic E-state index is 11.8. The molecule has 0 heterocycles. The topological polar surface area (TPSA) is 75.6 Å².